The van der Waals surface area contributed by atoms with Crippen LogP contribution in [0.5, 0.6) is 0 Å². The maximum absolute atomic E-state index is 15.1. The molecule has 5 amide bonds. The van der Waals surface area contributed by atoms with E-state index in [0.29, 0.717) is 6.29 Å². The number of likely N-dealkylation sites (N-methyl/N-ethyl adjacent to an activating group) is 3. The molecule has 1 aliphatic carbocycles. The number of ether oxygens (including phenoxy) is 1. The predicted octanol–water partition coefficient (Wildman–Crippen LogP) is 6.20. The van der Waals surface area contributed by atoms with Crippen LogP contribution in [0.4, 0.5) is 0 Å². The minimum Gasteiger partial charge on any atom is -0.451 e. The second-order valence-electron chi connectivity index (χ2n) is 19.6. The second-order valence-corrected chi connectivity index (χ2v) is 19.6. The van der Waals surface area contributed by atoms with Gasteiger partial charge in [0.2, 0.25) is 23.6 Å². The van der Waals surface area contributed by atoms with Gasteiger partial charge in [0.25, 0.3) is 5.91 Å². The average Bonchev–Trinajstić information content (AvgIpc) is 3.78. The lowest BCUT2D eigenvalue weighted by atomic mass is 9.91. The highest BCUT2D eigenvalue weighted by atomic mass is 16.5. The quantitative estimate of drug-likeness (QED) is 0.0763. The molecule has 0 aromatic carbocycles. The zero-order valence-electron chi connectivity index (χ0n) is 41.3. The number of nitrogens with zero attached hydrogens (tertiary/aromatic N) is 4. The number of carbonyl (C=O) groups excluding carboxylic acids is 7. The number of amides is 5. The summed E-state index contributed by atoms with van der Waals surface area (Å²) in [7, 11) is 4.50. The molecule has 9 atom stereocenters. The van der Waals surface area contributed by atoms with Crippen molar-refractivity contribution >= 4 is 41.8 Å². The van der Waals surface area contributed by atoms with Gasteiger partial charge in [-0.05, 0) is 82.0 Å². The predicted molar refractivity (Wildman–Crippen MR) is 248 cm³/mol. The van der Waals surface area contributed by atoms with E-state index in [-0.39, 0.29) is 68.6 Å². The first kappa shape index (κ1) is 55.8. The van der Waals surface area contributed by atoms with Gasteiger partial charge in [-0.15, -0.1) is 0 Å². The highest BCUT2D eigenvalue weighted by Crippen LogP contribution is 2.28. The molecule has 0 saturated carbocycles. The fourth-order valence-corrected chi connectivity index (χ4v) is 8.87. The summed E-state index contributed by atoms with van der Waals surface area (Å²) in [4.78, 5) is 105. The van der Waals surface area contributed by atoms with Gasteiger partial charge in [0.15, 0.2) is 18.1 Å². The lowest BCUT2D eigenvalue weighted by Crippen LogP contribution is -2.69. The van der Waals surface area contributed by atoms with Crippen LogP contribution < -0.4 is 16.0 Å². The SMILES string of the molecule is CCCC[C@@H](C)CC1NC(=O)C(CC2=CCCC2)N(C)C(=O)[C@H](CC(C)C)N[C@](C=O)(CC(C)C)N(C)C(=O)C(C[C@H](C)CCCC)NC(=O)[C@@H](CCC#N)OC(=O)[C@H](C)N(C)C1=O. The van der Waals surface area contributed by atoms with Crippen LogP contribution in [0.25, 0.3) is 0 Å². The molecule has 362 valence electrons. The number of aldehydes is 1. The number of hydrogen-bond donors (Lipinski definition) is 3. The summed E-state index contributed by atoms with van der Waals surface area (Å²) in [6, 6.07) is -3.53. The van der Waals surface area contributed by atoms with Crippen LogP contribution in [-0.4, -0.2) is 120 Å². The fraction of sp³-hybridized carbons (Fsp3) is 0.796. The zero-order chi connectivity index (χ0) is 48.3. The summed E-state index contributed by atoms with van der Waals surface area (Å²) in [6.07, 6.45) is 9.74. The Morgan fingerprint density at radius 1 is 0.812 bits per heavy atom. The summed E-state index contributed by atoms with van der Waals surface area (Å²) in [5.41, 5.74) is -0.711. The van der Waals surface area contributed by atoms with Crippen LogP contribution in [0, 0.1) is 35.0 Å². The van der Waals surface area contributed by atoms with E-state index in [0.717, 1.165) is 63.4 Å². The summed E-state index contributed by atoms with van der Waals surface area (Å²) in [5, 5.41) is 18.7. The molecule has 1 fully saturated rings. The molecule has 1 saturated heterocycles. The molecular formula is C49H83N7O8. The van der Waals surface area contributed by atoms with Crippen molar-refractivity contribution in [3.8, 4) is 6.07 Å². The van der Waals surface area contributed by atoms with Crippen molar-refractivity contribution in [1.29, 1.82) is 5.26 Å². The molecule has 15 heteroatoms. The molecule has 0 aromatic rings. The number of cyclic esters (lactones) is 1. The number of nitrogens with one attached hydrogen (secondary N) is 3. The number of nitriles is 1. The summed E-state index contributed by atoms with van der Waals surface area (Å²) < 4.78 is 5.80. The van der Waals surface area contributed by atoms with Crippen molar-refractivity contribution < 1.29 is 38.3 Å². The molecule has 1 aliphatic heterocycles. The number of unbranched alkanes of at least 4 members (excludes halogenated alkanes) is 2. The molecule has 2 rings (SSSR count). The maximum Gasteiger partial charge on any atom is 0.329 e. The molecular weight excluding hydrogens is 815 g/mol. The molecule has 0 bridgehead atoms. The van der Waals surface area contributed by atoms with Crippen molar-refractivity contribution in [3.63, 3.8) is 0 Å². The summed E-state index contributed by atoms with van der Waals surface area (Å²) in [6.45, 7) is 17.3. The smallest absolute Gasteiger partial charge is 0.329 e. The third kappa shape index (κ3) is 16.6. The average molecular weight is 898 g/mol. The molecule has 15 nitrogen and oxygen atoms in total. The van der Waals surface area contributed by atoms with E-state index in [1.54, 1.807) is 7.05 Å². The van der Waals surface area contributed by atoms with Gasteiger partial charge in [0.1, 0.15) is 24.2 Å². The highest BCUT2D eigenvalue weighted by molar-refractivity contribution is 5.96. The van der Waals surface area contributed by atoms with Crippen LogP contribution in [-0.2, 0) is 38.3 Å². The number of carbonyl (C=O) groups is 7. The third-order valence-electron chi connectivity index (χ3n) is 12.9. The van der Waals surface area contributed by atoms with Gasteiger partial charge in [-0.3, -0.25) is 34.1 Å². The minimum atomic E-state index is -1.73. The molecule has 0 spiro atoms. The normalized spacial score (nSPS) is 27.2. The number of allylic oxidation sites excluding steroid dienone is 1. The van der Waals surface area contributed by atoms with Crippen molar-refractivity contribution in [2.75, 3.05) is 21.1 Å². The lowest BCUT2D eigenvalue weighted by Gasteiger charge is -2.44. The molecule has 1 heterocycles. The van der Waals surface area contributed by atoms with E-state index in [1.165, 1.54) is 35.7 Å². The van der Waals surface area contributed by atoms with Crippen LogP contribution in [0.2, 0.25) is 0 Å². The van der Waals surface area contributed by atoms with Crippen molar-refractivity contribution in [2.45, 2.75) is 207 Å². The van der Waals surface area contributed by atoms with E-state index in [4.69, 9.17) is 4.74 Å². The Bertz CT molecular complexity index is 1640. The largest absolute Gasteiger partial charge is 0.451 e. The Balaban J connectivity index is 2.95. The fourth-order valence-electron chi connectivity index (χ4n) is 8.87. The van der Waals surface area contributed by atoms with Gasteiger partial charge < -0.3 is 30.1 Å². The zero-order valence-corrected chi connectivity index (χ0v) is 41.3. The van der Waals surface area contributed by atoms with Gasteiger partial charge in [-0.25, -0.2) is 4.79 Å². The van der Waals surface area contributed by atoms with E-state index < -0.39 is 77.5 Å². The number of esters is 1. The first-order valence-corrected chi connectivity index (χ1v) is 24.1. The molecule has 0 aromatic heterocycles. The van der Waals surface area contributed by atoms with E-state index in [2.05, 4.69) is 35.9 Å². The van der Waals surface area contributed by atoms with Gasteiger partial charge >= 0.3 is 5.97 Å². The molecule has 0 radical (unpaired) electrons. The molecule has 2 aliphatic rings. The maximum atomic E-state index is 15.1. The van der Waals surface area contributed by atoms with Gasteiger partial charge in [-0.2, -0.15) is 5.26 Å². The topological polar surface area (TPSA) is 198 Å². The van der Waals surface area contributed by atoms with Gasteiger partial charge in [0.05, 0.1) is 12.1 Å². The molecule has 3 N–H and O–H groups in total. The second kappa shape index (κ2) is 27.2. The Morgan fingerprint density at radius 2 is 1.38 bits per heavy atom. The summed E-state index contributed by atoms with van der Waals surface area (Å²) in [5.74, 6) is -4.07. The van der Waals surface area contributed by atoms with E-state index >= 15 is 4.79 Å². The first-order valence-electron chi connectivity index (χ1n) is 24.1. The van der Waals surface area contributed by atoms with E-state index in [9.17, 15) is 34.0 Å². The number of hydrogen-bond acceptors (Lipinski definition) is 10. The van der Waals surface area contributed by atoms with Crippen molar-refractivity contribution in [2.24, 2.45) is 23.7 Å². The third-order valence-corrected chi connectivity index (χ3v) is 12.9. The number of rotatable bonds is 19. The summed E-state index contributed by atoms with van der Waals surface area (Å²) >= 11 is 0. The molecule has 64 heavy (non-hydrogen) atoms. The Hall–Kier alpha value is -4.32. The Morgan fingerprint density at radius 3 is 1.88 bits per heavy atom. The van der Waals surface area contributed by atoms with Crippen LogP contribution >= 0.6 is 0 Å². The molecule has 3 unspecified atom stereocenters. The Labute approximate surface area is 384 Å². The van der Waals surface area contributed by atoms with Crippen molar-refractivity contribution in [3.05, 3.63) is 11.6 Å². The van der Waals surface area contributed by atoms with Crippen molar-refractivity contribution in [1.82, 2.24) is 30.7 Å². The lowest BCUT2D eigenvalue weighted by molar-refractivity contribution is -0.164. The Kier molecular flexibility index (Phi) is 23.7. The van der Waals surface area contributed by atoms with Gasteiger partial charge in [-0.1, -0.05) is 106 Å². The highest BCUT2D eigenvalue weighted by Gasteiger charge is 2.46. The standard InChI is InChI=1S/C49H83N7O8/c1-13-15-20-34(7)27-38-45(60)54(10)36(9)48(63)64-42(24-19-25-50)44(59)52-39(28-35(8)21-16-14-2)47(62)56(12)49(31-57,30-33(5)6)53-40(26-32(3)4)46(61)55(11)41(43(58)51-38)29-37-22-17-18-23-37/h22,31-36,38-42,53H,13-21,23-24,26-30H2,1-12H3,(H,51,58)(H,52,59)/t34-,35-,36+,38?,39?,40+,41?,42-,49-/m1/s1. The van der Waals surface area contributed by atoms with Gasteiger partial charge in [0, 0.05) is 34.0 Å². The minimum absolute atomic E-state index is 0.0131. The monoisotopic (exact) mass is 898 g/mol. The van der Waals surface area contributed by atoms with Crippen LogP contribution in [0.15, 0.2) is 11.6 Å². The van der Waals surface area contributed by atoms with Crippen LogP contribution in [0.1, 0.15) is 165 Å². The first-order chi connectivity index (χ1) is 30.2. The van der Waals surface area contributed by atoms with Crippen LogP contribution in [0.3, 0.4) is 0 Å². The van der Waals surface area contributed by atoms with E-state index in [1.807, 2.05) is 47.6 Å².